The van der Waals surface area contributed by atoms with Crippen molar-refractivity contribution < 1.29 is 4.84 Å². The van der Waals surface area contributed by atoms with E-state index in [0.717, 1.165) is 35.4 Å². The molecule has 1 aromatic heterocycles. The minimum Gasteiger partial charge on any atom is -0.391 e. The Morgan fingerprint density at radius 2 is 1.90 bits per heavy atom. The molecular weight excluding hydrogens is 266 g/mol. The molecule has 4 N–H and O–H groups in total. The lowest BCUT2D eigenvalue weighted by Gasteiger charge is -2.17. The lowest BCUT2D eigenvalue weighted by atomic mass is 9.95. The second-order valence-corrected chi connectivity index (χ2v) is 4.99. The Kier molecular flexibility index (Phi) is 3.68. The molecule has 1 aromatic carbocycles. The van der Waals surface area contributed by atoms with Gasteiger partial charge < -0.3 is 16.3 Å². The van der Waals surface area contributed by atoms with Crippen molar-refractivity contribution in [3.63, 3.8) is 0 Å². The van der Waals surface area contributed by atoms with Crippen LogP contribution in [0.1, 0.15) is 23.2 Å². The number of rotatable bonds is 3. The van der Waals surface area contributed by atoms with Gasteiger partial charge in [0, 0.05) is 12.0 Å². The van der Waals surface area contributed by atoms with Crippen LogP contribution in [-0.4, -0.2) is 15.7 Å². The summed E-state index contributed by atoms with van der Waals surface area (Å²) in [6.07, 6.45) is 2.19. The highest BCUT2D eigenvalue weighted by Crippen LogP contribution is 2.23. The molecule has 21 heavy (non-hydrogen) atoms. The fraction of sp³-hybridized carbons (Fsp3) is 0.267. The summed E-state index contributed by atoms with van der Waals surface area (Å²) in [7, 11) is 0. The fourth-order valence-corrected chi connectivity index (χ4v) is 2.37. The van der Waals surface area contributed by atoms with Gasteiger partial charge in [0.1, 0.15) is 12.4 Å². The lowest BCUT2D eigenvalue weighted by Crippen LogP contribution is -2.19. The molecule has 0 amide bonds. The van der Waals surface area contributed by atoms with E-state index in [4.69, 9.17) is 16.3 Å². The van der Waals surface area contributed by atoms with E-state index >= 15 is 0 Å². The summed E-state index contributed by atoms with van der Waals surface area (Å²) in [4.78, 5) is 13.6. The maximum absolute atomic E-state index is 5.90. The standard InChI is InChI=1S/C15H17N5O/c16-14-12-8-11(6-7-13(12)18-15(17)19-14)20-21-9-10-4-2-1-3-5-10/h1-5H,6-9H2,(H4,16,17,18,19). The van der Waals surface area contributed by atoms with Crippen molar-refractivity contribution in [2.75, 3.05) is 11.5 Å². The second kappa shape index (κ2) is 5.78. The first-order chi connectivity index (χ1) is 10.2. The van der Waals surface area contributed by atoms with Crippen LogP contribution in [0.15, 0.2) is 35.5 Å². The van der Waals surface area contributed by atoms with E-state index in [9.17, 15) is 0 Å². The summed E-state index contributed by atoms with van der Waals surface area (Å²) >= 11 is 0. The molecule has 0 aliphatic heterocycles. The topological polar surface area (TPSA) is 99.4 Å². The predicted molar refractivity (Wildman–Crippen MR) is 81.5 cm³/mol. The van der Waals surface area contributed by atoms with Crippen LogP contribution in [0.5, 0.6) is 0 Å². The number of nitrogens with two attached hydrogens (primary N) is 2. The molecule has 1 aliphatic carbocycles. The third-order valence-corrected chi connectivity index (χ3v) is 3.44. The Hall–Kier alpha value is -2.63. The summed E-state index contributed by atoms with van der Waals surface area (Å²) in [6.45, 7) is 0.463. The van der Waals surface area contributed by atoms with Crippen molar-refractivity contribution in [1.29, 1.82) is 0 Å². The molecule has 0 spiro atoms. The lowest BCUT2D eigenvalue weighted by molar-refractivity contribution is 0.129. The Labute approximate surface area is 122 Å². The van der Waals surface area contributed by atoms with Crippen molar-refractivity contribution in [2.45, 2.75) is 25.9 Å². The summed E-state index contributed by atoms with van der Waals surface area (Å²) in [5.74, 6) is 0.667. The molecule has 1 aliphatic rings. The highest BCUT2D eigenvalue weighted by atomic mass is 16.6. The number of hydrogen-bond acceptors (Lipinski definition) is 6. The van der Waals surface area contributed by atoms with Gasteiger partial charge in [0.15, 0.2) is 0 Å². The second-order valence-electron chi connectivity index (χ2n) is 4.99. The molecule has 0 bridgehead atoms. The Morgan fingerprint density at radius 1 is 1.10 bits per heavy atom. The van der Waals surface area contributed by atoms with E-state index in [-0.39, 0.29) is 5.95 Å². The largest absolute Gasteiger partial charge is 0.391 e. The third-order valence-electron chi connectivity index (χ3n) is 3.44. The van der Waals surface area contributed by atoms with Crippen LogP contribution in [0, 0.1) is 0 Å². The molecule has 1 heterocycles. The number of oxime groups is 1. The SMILES string of the molecule is Nc1nc(N)c2c(n1)CCC(=NOCc1ccccc1)C2. The van der Waals surface area contributed by atoms with E-state index in [0.29, 0.717) is 18.8 Å². The van der Waals surface area contributed by atoms with Crippen molar-refractivity contribution in [1.82, 2.24) is 9.97 Å². The van der Waals surface area contributed by atoms with Gasteiger partial charge >= 0.3 is 0 Å². The average molecular weight is 283 g/mol. The molecule has 6 nitrogen and oxygen atoms in total. The number of benzene rings is 1. The number of aromatic nitrogens is 2. The number of nitrogen functional groups attached to an aromatic ring is 2. The maximum Gasteiger partial charge on any atom is 0.222 e. The minimum atomic E-state index is 0.229. The Morgan fingerprint density at radius 3 is 2.71 bits per heavy atom. The molecule has 6 heteroatoms. The zero-order valence-electron chi connectivity index (χ0n) is 11.6. The molecule has 0 saturated heterocycles. The minimum absolute atomic E-state index is 0.229. The molecule has 2 aromatic rings. The van der Waals surface area contributed by atoms with E-state index in [1.54, 1.807) is 0 Å². The molecule has 108 valence electrons. The zero-order valence-corrected chi connectivity index (χ0v) is 11.6. The summed E-state index contributed by atoms with van der Waals surface area (Å²) in [5, 5.41) is 4.22. The maximum atomic E-state index is 5.90. The van der Waals surface area contributed by atoms with Gasteiger partial charge in [-0.1, -0.05) is 35.5 Å². The summed E-state index contributed by atoms with van der Waals surface area (Å²) in [6, 6.07) is 9.94. The van der Waals surface area contributed by atoms with Gasteiger partial charge in [0.05, 0.1) is 11.4 Å². The summed E-state index contributed by atoms with van der Waals surface area (Å²) in [5.41, 5.74) is 15.4. The van der Waals surface area contributed by atoms with Gasteiger partial charge in [-0.2, -0.15) is 4.98 Å². The van der Waals surface area contributed by atoms with E-state index in [2.05, 4.69) is 15.1 Å². The number of fused-ring (bicyclic) bond motifs is 1. The first-order valence-corrected chi connectivity index (χ1v) is 6.85. The number of aryl methyl sites for hydroxylation is 1. The van der Waals surface area contributed by atoms with Gasteiger partial charge in [-0.05, 0) is 18.4 Å². The smallest absolute Gasteiger partial charge is 0.222 e. The zero-order chi connectivity index (χ0) is 14.7. The predicted octanol–water partition coefficient (Wildman–Crippen LogP) is 1.70. The molecule has 0 radical (unpaired) electrons. The van der Waals surface area contributed by atoms with Crippen LogP contribution in [0.25, 0.3) is 0 Å². The van der Waals surface area contributed by atoms with Crippen molar-refractivity contribution in [3.8, 4) is 0 Å². The van der Waals surface area contributed by atoms with Gasteiger partial charge in [-0.3, -0.25) is 0 Å². The van der Waals surface area contributed by atoms with Gasteiger partial charge in [0.2, 0.25) is 5.95 Å². The Bertz CT molecular complexity index is 669. The van der Waals surface area contributed by atoms with Crippen LogP contribution >= 0.6 is 0 Å². The van der Waals surface area contributed by atoms with Gasteiger partial charge in [0.25, 0.3) is 0 Å². The first-order valence-electron chi connectivity index (χ1n) is 6.85. The van der Waals surface area contributed by atoms with Gasteiger partial charge in [-0.15, -0.1) is 0 Å². The average Bonchev–Trinajstić information content (AvgIpc) is 2.49. The van der Waals surface area contributed by atoms with Gasteiger partial charge in [-0.25, -0.2) is 4.98 Å². The quantitative estimate of drug-likeness (QED) is 0.835. The van der Waals surface area contributed by atoms with Crippen molar-refractivity contribution >= 4 is 17.5 Å². The molecule has 0 atom stereocenters. The first kappa shape index (κ1) is 13.4. The van der Waals surface area contributed by atoms with Crippen molar-refractivity contribution in [2.24, 2.45) is 5.16 Å². The molecule has 0 unspecified atom stereocenters. The van der Waals surface area contributed by atoms with E-state index in [1.165, 1.54) is 0 Å². The van der Waals surface area contributed by atoms with E-state index in [1.807, 2.05) is 30.3 Å². The number of anilines is 2. The van der Waals surface area contributed by atoms with Crippen molar-refractivity contribution in [3.05, 3.63) is 47.2 Å². The van der Waals surface area contributed by atoms with Crippen LogP contribution < -0.4 is 11.5 Å². The third kappa shape index (κ3) is 3.10. The number of hydrogen-bond donors (Lipinski definition) is 2. The van der Waals surface area contributed by atoms with Crippen LogP contribution in [0.4, 0.5) is 11.8 Å². The van der Waals surface area contributed by atoms with Crippen LogP contribution in [0.3, 0.4) is 0 Å². The monoisotopic (exact) mass is 283 g/mol. The highest BCUT2D eigenvalue weighted by molar-refractivity contribution is 5.89. The molecular formula is C15H17N5O. The fourth-order valence-electron chi connectivity index (χ4n) is 2.37. The highest BCUT2D eigenvalue weighted by Gasteiger charge is 2.20. The number of nitrogens with zero attached hydrogens (tertiary/aromatic N) is 3. The van der Waals surface area contributed by atoms with Crippen LogP contribution in [-0.2, 0) is 24.3 Å². The normalized spacial score (nSPS) is 15.7. The molecule has 0 saturated carbocycles. The van der Waals surface area contributed by atoms with Crippen LogP contribution in [0.2, 0.25) is 0 Å². The molecule has 3 rings (SSSR count). The summed E-state index contributed by atoms with van der Waals surface area (Å²) < 4.78 is 0. The Balaban J connectivity index is 1.67. The molecule has 0 fully saturated rings. The van der Waals surface area contributed by atoms with E-state index < -0.39 is 0 Å².